The van der Waals surface area contributed by atoms with Crippen LogP contribution in [0.3, 0.4) is 0 Å². The molecule has 0 fully saturated rings. The van der Waals surface area contributed by atoms with E-state index in [1.54, 1.807) is 0 Å². The SMILES string of the molecule is Cc1cccc(OCCn2c(=N)n(Cc3ccccc3Br)c3ccccc32)c1. The van der Waals surface area contributed by atoms with Gasteiger partial charge in [0.2, 0.25) is 5.62 Å². The number of para-hydroxylation sites is 2. The third-order valence-electron chi connectivity index (χ3n) is 4.83. The molecule has 0 aliphatic rings. The number of aromatic nitrogens is 2. The molecule has 3 aromatic carbocycles. The number of hydrogen-bond acceptors (Lipinski definition) is 2. The van der Waals surface area contributed by atoms with Crippen LogP contribution in [0, 0.1) is 12.3 Å². The zero-order valence-corrected chi connectivity index (χ0v) is 17.3. The van der Waals surface area contributed by atoms with Gasteiger partial charge in [0.05, 0.1) is 24.1 Å². The molecule has 0 bridgehead atoms. The highest BCUT2D eigenvalue weighted by atomic mass is 79.9. The predicted molar refractivity (Wildman–Crippen MR) is 116 cm³/mol. The molecular weight excluding hydrogens is 414 g/mol. The number of imidazole rings is 1. The third kappa shape index (κ3) is 3.76. The fraction of sp³-hybridized carbons (Fsp3) is 0.174. The van der Waals surface area contributed by atoms with Crippen LogP contribution in [0.1, 0.15) is 11.1 Å². The van der Waals surface area contributed by atoms with E-state index in [0.29, 0.717) is 25.3 Å². The van der Waals surface area contributed by atoms with Crippen LogP contribution in [-0.4, -0.2) is 15.7 Å². The van der Waals surface area contributed by atoms with Crippen LogP contribution in [0.25, 0.3) is 11.0 Å². The maximum atomic E-state index is 8.77. The van der Waals surface area contributed by atoms with E-state index in [2.05, 4.69) is 47.1 Å². The highest BCUT2D eigenvalue weighted by Gasteiger charge is 2.12. The van der Waals surface area contributed by atoms with Crippen molar-refractivity contribution < 1.29 is 4.74 Å². The molecule has 0 atom stereocenters. The Balaban J connectivity index is 1.63. The van der Waals surface area contributed by atoms with E-state index in [1.165, 1.54) is 5.56 Å². The van der Waals surface area contributed by atoms with Crippen LogP contribution in [-0.2, 0) is 13.1 Å². The minimum atomic E-state index is 0.477. The normalized spacial score (nSPS) is 11.1. The Morgan fingerprint density at radius 3 is 2.36 bits per heavy atom. The Labute approximate surface area is 172 Å². The minimum absolute atomic E-state index is 0.477. The van der Waals surface area contributed by atoms with Crippen molar-refractivity contribution in [2.75, 3.05) is 6.61 Å². The van der Waals surface area contributed by atoms with Gasteiger partial charge >= 0.3 is 0 Å². The van der Waals surface area contributed by atoms with E-state index in [9.17, 15) is 0 Å². The standard InChI is InChI=1S/C23H22BrN3O/c1-17-7-6-9-19(15-17)28-14-13-26-21-11-4-5-12-22(21)27(23(26)25)16-18-8-2-3-10-20(18)24/h2-12,15,25H,13-14,16H2,1H3. The second-order valence-electron chi connectivity index (χ2n) is 6.81. The lowest BCUT2D eigenvalue weighted by atomic mass is 10.2. The Morgan fingerprint density at radius 2 is 1.61 bits per heavy atom. The first-order valence-electron chi connectivity index (χ1n) is 9.29. The summed E-state index contributed by atoms with van der Waals surface area (Å²) in [7, 11) is 0. The molecule has 5 heteroatoms. The minimum Gasteiger partial charge on any atom is -0.492 e. The van der Waals surface area contributed by atoms with Gasteiger partial charge in [0.1, 0.15) is 12.4 Å². The summed E-state index contributed by atoms with van der Waals surface area (Å²) in [5.41, 5.74) is 4.91. The maximum absolute atomic E-state index is 8.77. The van der Waals surface area contributed by atoms with E-state index in [1.807, 2.05) is 57.7 Å². The highest BCUT2D eigenvalue weighted by Crippen LogP contribution is 2.20. The molecule has 142 valence electrons. The van der Waals surface area contributed by atoms with Crippen LogP contribution in [0.2, 0.25) is 0 Å². The van der Waals surface area contributed by atoms with Crippen molar-refractivity contribution in [1.29, 1.82) is 5.41 Å². The van der Waals surface area contributed by atoms with Gasteiger partial charge in [-0.1, -0.05) is 58.4 Å². The Bertz CT molecular complexity index is 1180. The number of benzene rings is 3. The van der Waals surface area contributed by atoms with Gasteiger partial charge < -0.3 is 13.9 Å². The summed E-state index contributed by atoms with van der Waals surface area (Å²) in [6.07, 6.45) is 0. The summed E-state index contributed by atoms with van der Waals surface area (Å²) in [6, 6.07) is 24.4. The fourth-order valence-corrected chi connectivity index (χ4v) is 3.85. The quantitative estimate of drug-likeness (QED) is 0.448. The van der Waals surface area contributed by atoms with E-state index in [4.69, 9.17) is 10.1 Å². The van der Waals surface area contributed by atoms with Crippen molar-refractivity contribution in [3.8, 4) is 5.75 Å². The van der Waals surface area contributed by atoms with Gasteiger partial charge in [-0.3, -0.25) is 5.41 Å². The van der Waals surface area contributed by atoms with Crippen LogP contribution < -0.4 is 10.4 Å². The number of fused-ring (bicyclic) bond motifs is 1. The first-order chi connectivity index (χ1) is 13.6. The molecule has 0 radical (unpaired) electrons. The molecule has 4 nitrogen and oxygen atoms in total. The first-order valence-corrected chi connectivity index (χ1v) is 10.1. The lowest BCUT2D eigenvalue weighted by Gasteiger charge is -2.09. The summed E-state index contributed by atoms with van der Waals surface area (Å²) >= 11 is 3.62. The average Bonchev–Trinajstić information content (AvgIpc) is 2.96. The molecule has 0 saturated carbocycles. The molecule has 4 rings (SSSR count). The second-order valence-corrected chi connectivity index (χ2v) is 7.66. The zero-order valence-electron chi connectivity index (χ0n) is 15.7. The molecule has 28 heavy (non-hydrogen) atoms. The van der Waals surface area contributed by atoms with Gasteiger partial charge in [-0.15, -0.1) is 0 Å². The second kappa shape index (κ2) is 8.07. The van der Waals surface area contributed by atoms with E-state index >= 15 is 0 Å². The van der Waals surface area contributed by atoms with Crippen LogP contribution in [0.4, 0.5) is 0 Å². The van der Waals surface area contributed by atoms with Crippen molar-refractivity contribution >= 4 is 27.0 Å². The van der Waals surface area contributed by atoms with Gasteiger partial charge in [-0.05, 0) is 48.4 Å². The molecular formula is C23H22BrN3O. The fourth-order valence-electron chi connectivity index (χ4n) is 3.44. The molecule has 1 N–H and O–H groups in total. The smallest absolute Gasteiger partial charge is 0.203 e. The highest BCUT2D eigenvalue weighted by molar-refractivity contribution is 9.10. The van der Waals surface area contributed by atoms with Crippen LogP contribution >= 0.6 is 15.9 Å². The monoisotopic (exact) mass is 435 g/mol. The van der Waals surface area contributed by atoms with Gasteiger partial charge in [-0.2, -0.15) is 0 Å². The molecule has 4 aromatic rings. The average molecular weight is 436 g/mol. The predicted octanol–water partition coefficient (Wildman–Crippen LogP) is 5.12. The van der Waals surface area contributed by atoms with Gasteiger partial charge in [0.15, 0.2) is 0 Å². The molecule has 0 aliphatic carbocycles. The summed E-state index contributed by atoms with van der Waals surface area (Å²) in [4.78, 5) is 0. The molecule has 0 saturated heterocycles. The van der Waals surface area contributed by atoms with Crippen LogP contribution in [0.5, 0.6) is 5.75 Å². The van der Waals surface area contributed by atoms with Crippen molar-refractivity contribution in [2.24, 2.45) is 0 Å². The van der Waals surface area contributed by atoms with Gasteiger partial charge in [-0.25, -0.2) is 0 Å². The number of halogens is 1. The van der Waals surface area contributed by atoms with E-state index in [0.717, 1.165) is 26.8 Å². The van der Waals surface area contributed by atoms with Crippen molar-refractivity contribution in [3.05, 3.63) is 94.0 Å². The molecule has 1 heterocycles. The molecule has 0 amide bonds. The summed E-state index contributed by atoms with van der Waals surface area (Å²) < 4.78 is 11.0. The van der Waals surface area contributed by atoms with Crippen molar-refractivity contribution in [3.63, 3.8) is 0 Å². The number of ether oxygens (including phenoxy) is 1. The van der Waals surface area contributed by atoms with Gasteiger partial charge in [0.25, 0.3) is 0 Å². The Hall–Kier alpha value is -2.79. The summed E-state index contributed by atoms with van der Waals surface area (Å²) in [5.74, 6) is 0.865. The molecule has 0 spiro atoms. The largest absolute Gasteiger partial charge is 0.492 e. The third-order valence-corrected chi connectivity index (χ3v) is 5.61. The molecule has 0 unspecified atom stereocenters. The zero-order chi connectivity index (χ0) is 19.5. The Kier molecular flexibility index (Phi) is 5.35. The van der Waals surface area contributed by atoms with Crippen molar-refractivity contribution in [1.82, 2.24) is 9.13 Å². The number of nitrogens with one attached hydrogen (secondary N) is 1. The maximum Gasteiger partial charge on any atom is 0.203 e. The van der Waals surface area contributed by atoms with E-state index in [-0.39, 0.29) is 0 Å². The van der Waals surface area contributed by atoms with Crippen molar-refractivity contribution in [2.45, 2.75) is 20.0 Å². The Morgan fingerprint density at radius 1 is 0.893 bits per heavy atom. The number of hydrogen-bond donors (Lipinski definition) is 1. The number of rotatable bonds is 6. The number of aryl methyl sites for hydroxylation is 1. The number of nitrogens with zero attached hydrogens (tertiary/aromatic N) is 2. The molecule has 1 aromatic heterocycles. The first kappa shape index (κ1) is 18.6. The van der Waals surface area contributed by atoms with E-state index < -0.39 is 0 Å². The topological polar surface area (TPSA) is 42.9 Å². The molecule has 0 aliphatic heterocycles. The van der Waals surface area contributed by atoms with Crippen LogP contribution in [0.15, 0.2) is 77.3 Å². The summed E-state index contributed by atoms with van der Waals surface area (Å²) in [6.45, 7) is 3.84. The lowest BCUT2D eigenvalue weighted by Crippen LogP contribution is -2.27. The van der Waals surface area contributed by atoms with Gasteiger partial charge in [0, 0.05) is 4.47 Å². The summed E-state index contributed by atoms with van der Waals surface area (Å²) in [5, 5.41) is 8.77. The lowest BCUT2D eigenvalue weighted by molar-refractivity contribution is 0.296.